The summed E-state index contributed by atoms with van der Waals surface area (Å²) in [6.07, 6.45) is 2.15. The first kappa shape index (κ1) is 9.72. The summed E-state index contributed by atoms with van der Waals surface area (Å²) in [6, 6.07) is 0. The highest BCUT2D eigenvalue weighted by Crippen LogP contribution is 2.22. The minimum Gasteiger partial charge on any atom is -0.246 e. The van der Waals surface area contributed by atoms with Crippen LogP contribution in [-0.2, 0) is 12.8 Å². The molecule has 0 aliphatic heterocycles. The average Bonchev–Trinajstić information content (AvgIpc) is 2.32. The summed E-state index contributed by atoms with van der Waals surface area (Å²) in [7, 11) is 0. The molecular weight excluding hydrogens is 166 g/mol. The van der Waals surface area contributed by atoms with Gasteiger partial charge in [-0.15, -0.1) is 11.3 Å². The largest absolute Gasteiger partial charge is 0.246 e. The van der Waals surface area contributed by atoms with E-state index in [-0.39, 0.29) is 0 Å². The van der Waals surface area contributed by atoms with Crippen LogP contribution in [0.3, 0.4) is 0 Å². The topological polar surface area (TPSA) is 12.9 Å². The average molecular weight is 183 g/mol. The first-order valence-corrected chi connectivity index (χ1v) is 5.32. The van der Waals surface area contributed by atoms with Crippen LogP contribution < -0.4 is 0 Å². The predicted molar refractivity (Wildman–Crippen MR) is 54.7 cm³/mol. The molecule has 0 N–H and O–H groups in total. The molecule has 0 fully saturated rings. The molecule has 0 unspecified atom stereocenters. The van der Waals surface area contributed by atoms with E-state index < -0.39 is 0 Å². The van der Waals surface area contributed by atoms with E-state index in [1.54, 1.807) is 11.3 Å². The Morgan fingerprint density at radius 2 is 2.08 bits per heavy atom. The standard InChI is InChI=1S/C10H17NS/c1-5-8-7-12-9(11-8)6-10(2,3)4/h7H,5-6H2,1-4H3. The highest BCUT2D eigenvalue weighted by Gasteiger charge is 2.13. The molecule has 0 spiro atoms. The van der Waals surface area contributed by atoms with Gasteiger partial charge in [-0.05, 0) is 11.8 Å². The van der Waals surface area contributed by atoms with Crippen LogP contribution in [0.25, 0.3) is 0 Å². The zero-order chi connectivity index (χ0) is 9.19. The highest BCUT2D eigenvalue weighted by molar-refractivity contribution is 7.09. The molecule has 0 aliphatic carbocycles. The molecule has 0 aromatic carbocycles. The predicted octanol–water partition coefficient (Wildman–Crippen LogP) is 3.29. The fraction of sp³-hybridized carbons (Fsp3) is 0.700. The van der Waals surface area contributed by atoms with Gasteiger partial charge in [0.1, 0.15) is 0 Å². The number of aryl methyl sites for hydroxylation is 1. The molecule has 1 rings (SSSR count). The van der Waals surface area contributed by atoms with Crippen molar-refractivity contribution in [2.75, 3.05) is 0 Å². The Hall–Kier alpha value is -0.370. The van der Waals surface area contributed by atoms with Crippen molar-refractivity contribution in [1.29, 1.82) is 0 Å². The maximum Gasteiger partial charge on any atom is 0.0933 e. The number of hydrogen-bond acceptors (Lipinski definition) is 2. The lowest BCUT2D eigenvalue weighted by Crippen LogP contribution is -2.08. The van der Waals surface area contributed by atoms with Gasteiger partial charge in [-0.3, -0.25) is 0 Å². The van der Waals surface area contributed by atoms with Crippen molar-refractivity contribution in [2.24, 2.45) is 5.41 Å². The molecule has 0 atom stereocenters. The van der Waals surface area contributed by atoms with Crippen LogP contribution in [0.1, 0.15) is 38.4 Å². The number of aromatic nitrogens is 1. The van der Waals surface area contributed by atoms with Gasteiger partial charge in [0.2, 0.25) is 0 Å². The van der Waals surface area contributed by atoms with Crippen molar-refractivity contribution in [3.05, 3.63) is 16.1 Å². The third-order valence-electron chi connectivity index (χ3n) is 1.64. The summed E-state index contributed by atoms with van der Waals surface area (Å²) in [5, 5.41) is 3.44. The normalized spacial score (nSPS) is 12.0. The second-order valence-corrected chi connectivity index (χ2v) is 5.27. The Morgan fingerprint density at radius 1 is 1.42 bits per heavy atom. The third kappa shape index (κ3) is 2.94. The quantitative estimate of drug-likeness (QED) is 0.685. The smallest absolute Gasteiger partial charge is 0.0933 e. The van der Waals surface area contributed by atoms with Crippen LogP contribution in [0.2, 0.25) is 0 Å². The summed E-state index contributed by atoms with van der Waals surface area (Å²) in [4.78, 5) is 4.53. The zero-order valence-electron chi connectivity index (χ0n) is 8.35. The lowest BCUT2D eigenvalue weighted by molar-refractivity contribution is 0.410. The minimum absolute atomic E-state index is 0.364. The van der Waals surface area contributed by atoms with Crippen molar-refractivity contribution in [3.63, 3.8) is 0 Å². The molecule has 0 radical (unpaired) electrons. The molecule has 0 aliphatic rings. The lowest BCUT2D eigenvalue weighted by Gasteiger charge is -2.15. The molecule has 1 nitrogen and oxygen atoms in total. The molecule has 2 heteroatoms. The van der Waals surface area contributed by atoms with E-state index in [1.165, 1.54) is 10.7 Å². The van der Waals surface area contributed by atoms with Gasteiger partial charge in [-0.25, -0.2) is 4.98 Å². The fourth-order valence-electron chi connectivity index (χ4n) is 1.05. The second-order valence-electron chi connectivity index (χ2n) is 4.32. The van der Waals surface area contributed by atoms with Crippen LogP contribution in [0, 0.1) is 5.41 Å². The van der Waals surface area contributed by atoms with E-state index in [1.807, 2.05) is 0 Å². The Morgan fingerprint density at radius 3 is 2.50 bits per heavy atom. The van der Waals surface area contributed by atoms with E-state index in [4.69, 9.17) is 0 Å². The van der Waals surface area contributed by atoms with Gasteiger partial charge in [0, 0.05) is 11.8 Å². The van der Waals surface area contributed by atoms with Crippen LogP contribution >= 0.6 is 11.3 Å². The lowest BCUT2D eigenvalue weighted by atomic mass is 9.93. The summed E-state index contributed by atoms with van der Waals surface area (Å²) in [5.74, 6) is 0. The third-order valence-corrected chi connectivity index (χ3v) is 2.54. The van der Waals surface area contributed by atoms with E-state index >= 15 is 0 Å². The van der Waals surface area contributed by atoms with Gasteiger partial charge >= 0.3 is 0 Å². The van der Waals surface area contributed by atoms with Gasteiger partial charge in [-0.2, -0.15) is 0 Å². The number of rotatable bonds is 2. The Bertz CT molecular complexity index is 245. The SMILES string of the molecule is CCc1csc(CC(C)(C)C)n1. The first-order chi connectivity index (χ1) is 5.51. The zero-order valence-corrected chi connectivity index (χ0v) is 9.16. The maximum atomic E-state index is 4.53. The second kappa shape index (κ2) is 3.56. The van der Waals surface area contributed by atoms with E-state index in [2.05, 4.69) is 38.1 Å². The Labute approximate surface area is 78.8 Å². The highest BCUT2D eigenvalue weighted by atomic mass is 32.1. The molecule has 68 valence electrons. The molecular formula is C10H17NS. The van der Waals surface area contributed by atoms with E-state index in [9.17, 15) is 0 Å². The van der Waals surface area contributed by atoms with Crippen molar-refractivity contribution >= 4 is 11.3 Å². The van der Waals surface area contributed by atoms with Gasteiger partial charge in [0.05, 0.1) is 10.7 Å². The molecule has 12 heavy (non-hydrogen) atoms. The van der Waals surface area contributed by atoms with Crippen LogP contribution in [0.4, 0.5) is 0 Å². The first-order valence-electron chi connectivity index (χ1n) is 4.44. The van der Waals surface area contributed by atoms with Gasteiger partial charge < -0.3 is 0 Å². The maximum absolute atomic E-state index is 4.53. The van der Waals surface area contributed by atoms with Crippen molar-refractivity contribution < 1.29 is 0 Å². The Balaban J connectivity index is 2.64. The molecule has 1 heterocycles. The van der Waals surface area contributed by atoms with Crippen molar-refractivity contribution in [2.45, 2.75) is 40.5 Å². The molecule has 0 saturated carbocycles. The monoisotopic (exact) mass is 183 g/mol. The van der Waals surface area contributed by atoms with Gasteiger partial charge in [0.15, 0.2) is 0 Å². The Kier molecular flexibility index (Phi) is 2.89. The molecule has 0 saturated heterocycles. The van der Waals surface area contributed by atoms with E-state index in [0.717, 1.165) is 12.8 Å². The van der Waals surface area contributed by atoms with Gasteiger partial charge in [0.25, 0.3) is 0 Å². The minimum atomic E-state index is 0.364. The van der Waals surface area contributed by atoms with Crippen molar-refractivity contribution in [3.8, 4) is 0 Å². The summed E-state index contributed by atoms with van der Waals surface area (Å²) >= 11 is 1.79. The summed E-state index contributed by atoms with van der Waals surface area (Å²) in [6.45, 7) is 8.90. The van der Waals surface area contributed by atoms with Crippen LogP contribution in [0.15, 0.2) is 5.38 Å². The molecule has 0 amide bonds. The van der Waals surface area contributed by atoms with Crippen LogP contribution in [-0.4, -0.2) is 4.98 Å². The number of hydrogen-bond donors (Lipinski definition) is 0. The number of thiazole rings is 1. The van der Waals surface area contributed by atoms with E-state index in [0.29, 0.717) is 5.41 Å². The molecule has 1 aromatic rings. The summed E-state index contributed by atoms with van der Waals surface area (Å²) < 4.78 is 0. The molecule has 0 bridgehead atoms. The fourth-order valence-corrected chi connectivity index (χ4v) is 2.22. The van der Waals surface area contributed by atoms with Gasteiger partial charge in [-0.1, -0.05) is 27.7 Å². The van der Waals surface area contributed by atoms with Crippen molar-refractivity contribution in [1.82, 2.24) is 4.98 Å². The molecule has 1 aromatic heterocycles. The van der Waals surface area contributed by atoms with Crippen LogP contribution in [0.5, 0.6) is 0 Å². The summed E-state index contributed by atoms with van der Waals surface area (Å²) in [5.41, 5.74) is 1.60. The number of nitrogens with zero attached hydrogens (tertiary/aromatic N) is 1.